The smallest absolute Gasteiger partial charge is 0.200 e. The quantitative estimate of drug-likeness (QED) is 0.706. The maximum absolute atomic E-state index is 13.6. The molecule has 0 radical (unpaired) electrons. The first-order valence-electron chi connectivity index (χ1n) is 6.41. The molecule has 0 aliphatic heterocycles. The van der Waals surface area contributed by atoms with Crippen LogP contribution < -0.4 is 4.74 Å². The maximum Gasteiger partial charge on any atom is 0.200 e. The van der Waals surface area contributed by atoms with E-state index < -0.39 is 11.6 Å². The van der Waals surface area contributed by atoms with E-state index in [0.717, 1.165) is 37.7 Å². The van der Waals surface area contributed by atoms with E-state index in [-0.39, 0.29) is 11.9 Å². The largest absolute Gasteiger partial charge is 0.487 e. The first-order chi connectivity index (χ1) is 8.60. The highest BCUT2D eigenvalue weighted by Crippen LogP contribution is 2.32. The second-order valence-electron chi connectivity index (χ2n) is 4.87. The molecule has 4 heteroatoms. The molecule has 0 atom stereocenters. The Morgan fingerprint density at radius 2 is 1.89 bits per heavy atom. The van der Waals surface area contributed by atoms with Gasteiger partial charge in [0.15, 0.2) is 11.6 Å². The lowest BCUT2D eigenvalue weighted by Gasteiger charge is -2.28. The van der Waals surface area contributed by atoms with Crippen LogP contribution in [-0.2, 0) is 0 Å². The molecule has 0 bridgehead atoms. The van der Waals surface area contributed by atoms with E-state index in [2.05, 4.69) is 22.9 Å². The summed E-state index contributed by atoms with van der Waals surface area (Å²) in [5, 5.41) is 0. The lowest BCUT2D eigenvalue weighted by atomic mass is 9.86. The molecule has 0 unspecified atom stereocenters. The maximum atomic E-state index is 13.6. The molecule has 1 aliphatic rings. The van der Waals surface area contributed by atoms with Gasteiger partial charge in [0.2, 0.25) is 5.82 Å². The molecule has 0 aromatic heterocycles. The number of halogens is 3. The Labute approximate surface area is 115 Å². The molecule has 1 nitrogen and oxygen atoms in total. The Kier molecular flexibility index (Phi) is 4.60. The van der Waals surface area contributed by atoms with Crippen molar-refractivity contribution in [3.05, 3.63) is 28.2 Å². The van der Waals surface area contributed by atoms with Gasteiger partial charge < -0.3 is 4.74 Å². The molecule has 100 valence electrons. The standard InChI is InChI=1S/C14H17BrF2O/c1-2-9-3-5-11(6-4-9)18-13-8-10(15)7-12(16)14(13)17/h7-9,11H,2-6H2,1H3. The fraction of sp³-hybridized carbons (Fsp3) is 0.571. The van der Waals surface area contributed by atoms with Crippen LogP contribution in [0, 0.1) is 17.6 Å². The van der Waals surface area contributed by atoms with Gasteiger partial charge in [0, 0.05) is 4.47 Å². The van der Waals surface area contributed by atoms with Gasteiger partial charge in [-0.2, -0.15) is 4.39 Å². The van der Waals surface area contributed by atoms with Gasteiger partial charge in [0.25, 0.3) is 0 Å². The summed E-state index contributed by atoms with van der Waals surface area (Å²) in [4.78, 5) is 0. The molecule has 1 aliphatic carbocycles. The normalized spacial score (nSPS) is 24.0. The molecule has 1 saturated carbocycles. The van der Waals surface area contributed by atoms with Crippen molar-refractivity contribution in [1.82, 2.24) is 0 Å². The van der Waals surface area contributed by atoms with Gasteiger partial charge in [-0.15, -0.1) is 0 Å². The molecule has 0 heterocycles. The third kappa shape index (κ3) is 3.22. The summed E-state index contributed by atoms with van der Waals surface area (Å²) in [6.45, 7) is 2.19. The second-order valence-corrected chi connectivity index (χ2v) is 5.78. The molecule has 1 fully saturated rings. The Balaban J connectivity index is 2.02. The molecule has 0 saturated heterocycles. The zero-order valence-corrected chi connectivity index (χ0v) is 12.0. The second kappa shape index (κ2) is 6.00. The van der Waals surface area contributed by atoms with Crippen molar-refractivity contribution in [2.75, 3.05) is 0 Å². The summed E-state index contributed by atoms with van der Waals surface area (Å²) < 4.78 is 32.9. The minimum Gasteiger partial charge on any atom is -0.487 e. The Morgan fingerprint density at radius 1 is 1.22 bits per heavy atom. The third-order valence-corrected chi connectivity index (χ3v) is 4.08. The predicted molar refractivity (Wildman–Crippen MR) is 70.7 cm³/mol. The van der Waals surface area contributed by atoms with E-state index in [9.17, 15) is 8.78 Å². The van der Waals surface area contributed by atoms with Gasteiger partial charge in [-0.1, -0.05) is 29.3 Å². The predicted octanol–water partition coefficient (Wildman–Crippen LogP) is 5.07. The molecule has 2 rings (SSSR count). The number of hydrogen-bond acceptors (Lipinski definition) is 1. The highest BCUT2D eigenvalue weighted by Gasteiger charge is 2.23. The van der Waals surface area contributed by atoms with Crippen LogP contribution in [0.1, 0.15) is 39.0 Å². The summed E-state index contributed by atoms with van der Waals surface area (Å²) in [5.74, 6) is -0.992. The fourth-order valence-electron chi connectivity index (χ4n) is 2.46. The molecule has 0 N–H and O–H groups in total. The van der Waals surface area contributed by atoms with Gasteiger partial charge in [-0.05, 0) is 43.7 Å². The number of hydrogen-bond donors (Lipinski definition) is 0. The van der Waals surface area contributed by atoms with Crippen LogP contribution in [0.15, 0.2) is 16.6 Å². The molecular weight excluding hydrogens is 302 g/mol. The zero-order valence-electron chi connectivity index (χ0n) is 10.4. The minimum atomic E-state index is -0.893. The lowest BCUT2D eigenvalue weighted by Crippen LogP contribution is -2.24. The monoisotopic (exact) mass is 318 g/mol. The summed E-state index contributed by atoms with van der Waals surface area (Å²) in [6, 6.07) is 2.60. The van der Waals surface area contributed by atoms with Crippen molar-refractivity contribution < 1.29 is 13.5 Å². The molecule has 18 heavy (non-hydrogen) atoms. The summed E-state index contributed by atoms with van der Waals surface area (Å²) in [7, 11) is 0. The third-order valence-electron chi connectivity index (χ3n) is 3.62. The van der Waals surface area contributed by atoms with E-state index in [1.807, 2.05) is 0 Å². The van der Waals surface area contributed by atoms with E-state index >= 15 is 0 Å². The van der Waals surface area contributed by atoms with Crippen molar-refractivity contribution in [3.8, 4) is 5.75 Å². The van der Waals surface area contributed by atoms with E-state index in [1.54, 1.807) is 0 Å². The average Bonchev–Trinajstić information content (AvgIpc) is 2.36. The van der Waals surface area contributed by atoms with Crippen LogP contribution in [-0.4, -0.2) is 6.10 Å². The molecule has 1 aromatic carbocycles. The SMILES string of the molecule is CCC1CCC(Oc2cc(Br)cc(F)c2F)CC1. The van der Waals surface area contributed by atoms with E-state index in [0.29, 0.717) is 4.47 Å². The highest BCUT2D eigenvalue weighted by atomic mass is 79.9. The summed E-state index contributed by atoms with van der Waals surface area (Å²) in [5.41, 5.74) is 0. The van der Waals surface area contributed by atoms with Gasteiger partial charge in [-0.3, -0.25) is 0 Å². The Hall–Kier alpha value is -0.640. The fourth-order valence-corrected chi connectivity index (χ4v) is 2.86. The first-order valence-corrected chi connectivity index (χ1v) is 7.20. The van der Waals surface area contributed by atoms with Crippen LogP contribution in [0.3, 0.4) is 0 Å². The summed E-state index contributed by atoms with van der Waals surface area (Å²) >= 11 is 3.15. The van der Waals surface area contributed by atoms with Crippen LogP contribution in [0.2, 0.25) is 0 Å². The van der Waals surface area contributed by atoms with Crippen LogP contribution in [0.25, 0.3) is 0 Å². The number of benzene rings is 1. The summed E-state index contributed by atoms with van der Waals surface area (Å²) in [6.07, 6.45) is 5.26. The van der Waals surface area contributed by atoms with Gasteiger partial charge in [0.1, 0.15) is 0 Å². The number of rotatable bonds is 3. The molecule has 0 amide bonds. The minimum absolute atomic E-state index is 0.0102. The molecular formula is C14H17BrF2O. The average molecular weight is 319 g/mol. The van der Waals surface area contributed by atoms with Crippen molar-refractivity contribution >= 4 is 15.9 Å². The van der Waals surface area contributed by atoms with Crippen molar-refractivity contribution in [3.63, 3.8) is 0 Å². The molecule has 1 aromatic rings. The van der Waals surface area contributed by atoms with Crippen molar-refractivity contribution in [2.45, 2.75) is 45.1 Å². The van der Waals surface area contributed by atoms with Crippen LogP contribution in [0.5, 0.6) is 5.75 Å². The van der Waals surface area contributed by atoms with Gasteiger partial charge in [-0.25, -0.2) is 4.39 Å². The van der Waals surface area contributed by atoms with Gasteiger partial charge in [0.05, 0.1) is 6.10 Å². The lowest BCUT2D eigenvalue weighted by molar-refractivity contribution is 0.124. The van der Waals surface area contributed by atoms with Crippen molar-refractivity contribution in [1.29, 1.82) is 0 Å². The van der Waals surface area contributed by atoms with Gasteiger partial charge >= 0.3 is 0 Å². The van der Waals surface area contributed by atoms with Crippen molar-refractivity contribution in [2.24, 2.45) is 5.92 Å². The topological polar surface area (TPSA) is 9.23 Å². The highest BCUT2D eigenvalue weighted by molar-refractivity contribution is 9.10. The number of ether oxygens (including phenoxy) is 1. The zero-order chi connectivity index (χ0) is 13.1. The van der Waals surface area contributed by atoms with E-state index in [4.69, 9.17) is 4.74 Å². The Bertz CT molecular complexity index is 415. The Morgan fingerprint density at radius 3 is 2.50 bits per heavy atom. The van der Waals surface area contributed by atoms with Crippen LogP contribution in [0.4, 0.5) is 8.78 Å². The first kappa shape index (κ1) is 13.8. The molecule has 0 spiro atoms. The van der Waals surface area contributed by atoms with E-state index in [1.165, 1.54) is 12.5 Å². The van der Waals surface area contributed by atoms with Crippen LogP contribution >= 0.6 is 15.9 Å².